The van der Waals surface area contributed by atoms with E-state index in [1.54, 1.807) is 7.11 Å². The van der Waals surface area contributed by atoms with E-state index < -0.39 is 6.04 Å². The van der Waals surface area contributed by atoms with Crippen molar-refractivity contribution in [1.82, 2.24) is 4.90 Å². The van der Waals surface area contributed by atoms with Gasteiger partial charge in [0.25, 0.3) is 0 Å². The van der Waals surface area contributed by atoms with Crippen LogP contribution >= 0.6 is 0 Å². The Balaban J connectivity index is 4.29. The van der Waals surface area contributed by atoms with E-state index in [1.165, 1.54) is 0 Å². The van der Waals surface area contributed by atoms with Crippen molar-refractivity contribution in [3.63, 3.8) is 0 Å². The van der Waals surface area contributed by atoms with Gasteiger partial charge in [0, 0.05) is 26.3 Å². The summed E-state index contributed by atoms with van der Waals surface area (Å²) < 4.78 is 4.96. The number of hydrogen-bond donors (Lipinski definition) is 1. The highest BCUT2D eigenvalue weighted by molar-refractivity contribution is 5.81. The Hall–Kier alpha value is -0.610. The molecule has 2 N–H and O–H groups in total. The quantitative estimate of drug-likeness (QED) is 0.660. The highest BCUT2D eigenvalue weighted by atomic mass is 16.5. The first-order valence-corrected chi connectivity index (χ1v) is 6.45. The van der Waals surface area contributed by atoms with Crippen LogP contribution in [-0.2, 0) is 9.53 Å². The molecule has 1 atom stereocenters. The molecule has 0 aliphatic carbocycles. The molecule has 102 valence electrons. The average molecular weight is 244 g/mol. The van der Waals surface area contributed by atoms with Crippen molar-refractivity contribution in [1.29, 1.82) is 0 Å². The van der Waals surface area contributed by atoms with Crippen molar-refractivity contribution in [3.05, 3.63) is 0 Å². The number of amides is 1. The van der Waals surface area contributed by atoms with Gasteiger partial charge in [-0.2, -0.15) is 0 Å². The summed E-state index contributed by atoms with van der Waals surface area (Å²) >= 11 is 0. The summed E-state index contributed by atoms with van der Waals surface area (Å²) in [4.78, 5) is 14.1. The standard InChI is InChI=1S/C13H28N2O2/c1-10(2)9-15(11(3)4)13(16)12(14)7-6-8-17-5/h10-12H,6-9,14H2,1-5H3. The van der Waals surface area contributed by atoms with E-state index in [2.05, 4.69) is 13.8 Å². The number of carbonyl (C=O) groups is 1. The topological polar surface area (TPSA) is 55.6 Å². The Kier molecular flexibility index (Phi) is 8.17. The second kappa shape index (κ2) is 8.48. The van der Waals surface area contributed by atoms with Gasteiger partial charge in [0.2, 0.25) is 5.91 Å². The van der Waals surface area contributed by atoms with Crippen molar-refractivity contribution in [3.8, 4) is 0 Å². The number of nitrogens with two attached hydrogens (primary N) is 1. The number of nitrogens with zero attached hydrogens (tertiary/aromatic N) is 1. The van der Waals surface area contributed by atoms with Gasteiger partial charge in [0.15, 0.2) is 0 Å². The van der Waals surface area contributed by atoms with Gasteiger partial charge in [0.1, 0.15) is 0 Å². The first kappa shape index (κ1) is 16.4. The van der Waals surface area contributed by atoms with Gasteiger partial charge in [-0.25, -0.2) is 0 Å². The molecule has 0 saturated heterocycles. The van der Waals surface area contributed by atoms with E-state index in [-0.39, 0.29) is 11.9 Å². The lowest BCUT2D eigenvalue weighted by Crippen LogP contribution is -2.48. The smallest absolute Gasteiger partial charge is 0.239 e. The molecule has 0 radical (unpaired) electrons. The third-order valence-electron chi connectivity index (χ3n) is 2.65. The van der Waals surface area contributed by atoms with Crippen LogP contribution in [0.15, 0.2) is 0 Å². The highest BCUT2D eigenvalue weighted by Gasteiger charge is 2.23. The molecule has 0 aromatic carbocycles. The van der Waals surface area contributed by atoms with Crippen LogP contribution in [0.2, 0.25) is 0 Å². The number of methoxy groups -OCH3 is 1. The van der Waals surface area contributed by atoms with Gasteiger partial charge < -0.3 is 15.4 Å². The van der Waals surface area contributed by atoms with Gasteiger partial charge in [-0.05, 0) is 32.6 Å². The average Bonchev–Trinajstić information content (AvgIpc) is 2.24. The second-order valence-corrected chi connectivity index (χ2v) is 5.22. The summed E-state index contributed by atoms with van der Waals surface area (Å²) in [6, 6.07) is -0.190. The van der Waals surface area contributed by atoms with Crippen LogP contribution in [0.4, 0.5) is 0 Å². The number of ether oxygens (including phenoxy) is 1. The van der Waals surface area contributed by atoms with Gasteiger partial charge >= 0.3 is 0 Å². The number of carbonyl (C=O) groups excluding carboxylic acids is 1. The van der Waals surface area contributed by atoms with Crippen LogP contribution in [0.3, 0.4) is 0 Å². The minimum absolute atomic E-state index is 0.0600. The van der Waals surface area contributed by atoms with Crippen LogP contribution in [0, 0.1) is 5.92 Å². The van der Waals surface area contributed by atoms with Gasteiger partial charge in [-0.15, -0.1) is 0 Å². The minimum atomic E-state index is -0.397. The summed E-state index contributed by atoms with van der Waals surface area (Å²) in [5, 5.41) is 0. The number of rotatable bonds is 8. The molecule has 0 saturated carbocycles. The zero-order valence-corrected chi connectivity index (χ0v) is 11.9. The molecule has 0 aliphatic rings. The lowest BCUT2D eigenvalue weighted by Gasteiger charge is -2.30. The Labute approximate surface area is 105 Å². The summed E-state index contributed by atoms with van der Waals surface area (Å²) in [5.41, 5.74) is 5.93. The van der Waals surface area contributed by atoms with E-state index >= 15 is 0 Å². The van der Waals surface area contributed by atoms with Gasteiger partial charge in [0.05, 0.1) is 6.04 Å². The molecule has 0 aromatic heterocycles. The summed E-state index contributed by atoms with van der Waals surface area (Å²) in [5.74, 6) is 0.525. The molecule has 0 aromatic rings. The summed E-state index contributed by atoms with van der Waals surface area (Å²) in [7, 11) is 1.66. The Morgan fingerprint density at radius 3 is 2.29 bits per heavy atom. The fraction of sp³-hybridized carbons (Fsp3) is 0.923. The maximum absolute atomic E-state index is 12.2. The molecule has 0 aliphatic heterocycles. The van der Waals surface area contributed by atoms with Crippen LogP contribution in [-0.4, -0.2) is 43.2 Å². The largest absolute Gasteiger partial charge is 0.385 e. The third kappa shape index (κ3) is 6.64. The third-order valence-corrected chi connectivity index (χ3v) is 2.65. The van der Waals surface area contributed by atoms with E-state index in [1.807, 2.05) is 18.7 Å². The molecule has 0 spiro atoms. The molecule has 1 unspecified atom stereocenters. The molecular weight excluding hydrogens is 216 g/mol. The Morgan fingerprint density at radius 1 is 1.29 bits per heavy atom. The lowest BCUT2D eigenvalue weighted by molar-refractivity contribution is -0.135. The molecule has 0 fully saturated rings. The molecule has 4 heteroatoms. The summed E-state index contributed by atoms with van der Waals surface area (Å²) in [6.45, 7) is 9.71. The highest BCUT2D eigenvalue weighted by Crippen LogP contribution is 2.08. The molecule has 0 rings (SSSR count). The molecule has 1 amide bonds. The van der Waals surface area contributed by atoms with Crippen molar-refractivity contribution in [2.75, 3.05) is 20.3 Å². The zero-order chi connectivity index (χ0) is 13.4. The summed E-state index contributed by atoms with van der Waals surface area (Å²) in [6.07, 6.45) is 1.52. The maximum Gasteiger partial charge on any atom is 0.239 e. The van der Waals surface area contributed by atoms with E-state index in [9.17, 15) is 4.79 Å². The Morgan fingerprint density at radius 2 is 1.88 bits per heavy atom. The predicted octanol–water partition coefficient (Wildman–Crippen LogP) is 1.63. The molecule has 4 nitrogen and oxygen atoms in total. The van der Waals surface area contributed by atoms with E-state index in [0.29, 0.717) is 18.9 Å². The SMILES string of the molecule is COCCCC(N)C(=O)N(CC(C)C)C(C)C. The fourth-order valence-electron chi connectivity index (χ4n) is 1.73. The second-order valence-electron chi connectivity index (χ2n) is 5.22. The maximum atomic E-state index is 12.2. The number of hydrogen-bond acceptors (Lipinski definition) is 3. The normalized spacial score (nSPS) is 13.2. The molecule has 0 heterocycles. The van der Waals surface area contributed by atoms with Crippen LogP contribution in [0.25, 0.3) is 0 Å². The van der Waals surface area contributed by atoms with Crippen molar-refractivity contribution >= 4 is 5.91 Å². The lowest BCUT2D eigenvalue weighted by atomic mass is 10.1. The van der Waals surface area contributed by atoms with E-state index in [4.69, 9.17) is 10.5 Å². The first-order valence-electron chi connectivity index (χ1n) is 6.45. The molecule has 17 heavy (non-hydrogen) atoms. The van der Waals surface area contributed by atoms with Crippen molar-refractivity contribution in [2.24, 2.45) is 11.7 Å². The van der Waals surface area contributed by atoms with Gasteiger partial charge in [-0.1, -0.05) is 13.8 Å². The molecular formula is C13H28N2O2. The predicted molar refractivity (Wildman–Crippen MR) is 70.8 cm³/mol. The van der Waals surface area contributed by atoms with Crippen LogP contribution in [0.5, 0.6) is 0 Å². The van der Waals surface area contributed by atoms with Crippen molar-refractivity contribution < 1.29 is 9.53 Å². The minimum Gasteiger partial charge on any atom is -0.385 e. The molecule has 0 bridgehead atoms. The van der Waals surface area contributed by atoms with Gasteiger partial charge in [-0.3, -0.25) is 4.79 Å². The van der Waals surface area contributed by atoms with Crippen LogP contribution in [0.1, 0.15) is 40.5 Å². The fourth-order valence-corrected chi connectivity index (χ4v) is 1.73. The van der Waals surface area contributed by atoms with Crippen molar-refractivity contribution in [2.45, 2.75) is 52.6 Å². The Bertz CT molecular complexity index is 217. The van der Waals surface area contributed by atoms with Crippen LogP contribution < -0.4 is 5.73 Å². The first-order chi connectivity index (χ1) is 7.90. The monoisotopic (exact) mass is 244 g/mol. The van der Waals surface area contributed by atoms with E-state index in [0.717, 1.165) is 13.0 Å². The zero-order valence-electron chi connectivity index (χ0n) is 11.9.